The van der Waals surface area contributed by atoms with Gasteiger partial charge in [0, 0.05) is 43.2 Å². The van der Waals surface area contributed by atoms with E-state index in [1.807, 2.05) is 0 Å². The molecule has 0 aromatic heterocycles. The molecule has 1 aromatic carbocycles. The van der Waals surface area contributed by atoms with Gasteiger partial charge in [0.1, 0.15) is 0 Å². The highest BCUT2D eigenvalue weighted by Gasteiger charge is 2.21. The first-order chi connectivity index (χ1) is 8.22. The van der Waals surface area contributed by atoms with Crippen LogP contribution in [0.5, 0.6) is 0 Å². The highest BCUT2D eigenvalue weighted by Crippen LogP contribution is 2.26. The minimum atomic E-state index is 0.497. The number of rotatable bonds is 3. The first kappa shape index (κ1) is 12.9. The lowest BCUT2D eigenvalue weighted by Gasteiger charge is -2.39. The number of nitrogens with two attached hydrogens (primary N) is 1. The first-order valence-corrected chi connectivity index (χ1v) is 6.95. The van der Waals surface area contributed by atoms with Crippen LogP contribution in [0, 0.1) is 0 Å². The van der Waals surface area contributed by atoms with Crippen LogP contribution < -0.4 is 10.6 Å². The van der Waals surface area contributed by atoms with E-state index in [9.17, 15) is 0 Å². The maximum Gasteiger partial charge on any atom is 0.0511 e. The van der Waals surface area contributed by atoms with Gasteiger partial charge in [0.15, 0.2) is 0 Å². The van der Waals surface area contributed by atoms with Crippen molar-refractivity contribution in [1.29, 1.82) is 0 Å². The molecule has 0 amide bonds. The number of benzene rings is 1. The minimum Gasteiger partial charge on any atom is -0.368 e. The molecule has 94 valence electrons. The molecule has 0 bridgehead atoms. The summed E-state index contributed by atoms with van der Waals surface area (Å²) in [6.07, 6.45) is 0. The Morgan fingerprint density at radius 3 is 2.47 bits per heavy atom. The van der Waals surface area contributed by atoms with Gasteiger partial charge in [-0.05, 0) is 35.0 Å². The van der Waals surface area contributed by atoms with Crippen LogP contribution in [0.4, 0.5) is 5.69 Å². The molecular weight excluding hydrogens is 278 g/mol. The van der Waals surface area contributed by atoms with Crippen LogP contribution in [0.2, 0.25) is 0 Å². The van der Waals surface area contributed by atoms with E-state index in [4.69, 9.17) is 5.73 Å². The predicted molar refractivity (Wildman–Crippen MR) is 76.4 cm³/mol. The van der Waals surface area contributed by atoms with E-state index < -0.39 is 0 Å². The summed E-state index contributed by atoms with van der Waals surface area (Å²) in [6, 6.07) is 8.92. The number of hydrogen-bond donors (Lipinski definition) is 1. The number of anilines is 1. The smallest absolute Gasteiger partial charge is 0.0511 e. The zero-order chi connectivity index (χ0) is 12.3. The summed E-state index contributed by atoms with van der Waals surface area (Å²) in [5.74, 6) is 0. The van der Waals surface area contributed by atoms with Crippen molar-refractivity contribution in [3.8, 4) is 0 Å². The summed E-state index contributed by atoms with van der Waals surface area (Å²) in [5, 5.41) is 0. The molecule has 2 rings (SSSR count). The van der Waals surface area contributed by atoms with Gasteiger partial charge < -0.3 is 10.6 Å². The first-order valence-electron chi connectivity index (χ1n) is 6.16. The Labute approximate surface area is 112 Å². The normalized spacial score (nSPS) is 19.4. The Balaban J connectivity index is 1.98. The summed E-state index contributed by atoms with van der Waals surface area (Å²) in [4.78, 5) is 4.90. The third-order valence-corrected chi connectivity index (χ3v) is 4.14. The van der Waals surface area contributed by atoms with Crippen molar-refractivity contribution in [3.63, 3.8) is 0 Å². The monoisotopic (exact) mass is 297 g/mol. The van der Waals surface area contributed by atoms with Crippen LogP contribution >= 0.6 is 15.9 Å². The molecule has 0 saturated carbocycles. The highest BCUT2D eigenvalue weighted by molar-refractivity contribution is 9.10. The quantitative estimate of drug-likeness (QED) is 0.925. The molecule has 3 nitrogen and oxygen atoms in total. The molecule has 1 aromatic rings. The van der Waals surface area contributed by atoms with E-state index in [2.05, 4.69) is 56.9 Å². The number of halogens is 1. The summed E-state index contributed by atoms with van der Waals surface area (Å²) >= 11 is 3.61. The Hall–Kier alpha value is -0.580. The summed E-state index contributed by atoms with van der Waals surface area (Å²) < 4.78 is 1.18. The van der Waals surface area contributed by atoms with Crippen molar-refractivity contribution in [3.05, 3.63) is 28.7 Å². The van der Waals surface area contributed by atoms with Crippen molar-refractivity contribution >= 4 is 21.6 Å². The number of para-hydroxylation sites is 1. The second-order valence-corrected chi connectivity index (χ2v) is 5.41. The third-order valence-electron chi connectivity index (χ3n) is 3.47. The second kappa shape index (κ2) is 5.85. The average Bonchev–Trinajstić information content (AvgIpc) is 2.39. The van der Waals surface area contributed by atoms with Crippen molar-refractivity contribution in [2.75, 3.05) is 37.6 Å². The Bertz CT molecular complexity index is 361. The van der Waals surface area contributed by atoms with E-state index in [0.717, 1.165) is 32.7 Å². The van der Waals surface area contributed by atoms with Crippen molar-refractivity contribution in [2.45, 2.75) is 13.0 Å². The van der Waals surface area contributed by atoms with E-state index >= 15 is 0 Å². The molecule has 1 aliphatic heterocycles. The van der Waals surface area contributed by atoms with E-state index in [0.29, 0.717) is 6.04 Å². The molecule has 0 aliphatic carbocycles. The molecule has 1 aliphatic rings. The van der Waals surface area contributed by atoms with Crippen LogP contribution in [0.3, 0.4) is 0 Å². The summed E-state index contributed by atoms with van der Waals surface area (Å²) in [7, 11) is 0. The fourth-order valence-corrected chi connectivity index (χ4v) is 2.80. The van der Waals surface area contributed by atoms with E-state index in [1.54, 1.807) is 0 Å². The van der Waals surface area contributed by atoms with Crippen LogP contribution in [-0.4, -0.2) is 43.7 Å². The van der Waals surface area contributed by atoms with Gasteiger partial charge in [-0.2, -0.15) is 0 Å². The van der Waals surface area contributed by atoms with Gasteiger partial charge in [0.2, 0.25) is 0 Å². The van der Waals surface area contributed by atoms with Gasteiger partial charge in [-0.1, -0.05) is 12.1 Å². The highest BCUT2D eigenvalue weighted by atomic mass is 79.9. The zero-order valence-electron chi connectivity index (χ0n) is 10.3. The average molecular weight is 298 g/mol. The minimum absolute atomic E-state index is 0.497. The van der Waals surface area contributed by atoms with Crippen molar-refractivity contribution in [2.24, 2.45) is 5.73 Å². The lowest BCUT2D eigenvalue weighted by Crippen LogP contribution is -2.51. The topological polar surface area (TPSA) is 32.5 Å². The Morgan fingerprint density at radius 1 is 1.24 bits per heavy atom. The third kappa shape index (κ3) is 3.00. The van der Waals surface area contributed by atoms with Crippen molar-refractivity contribution < 1.29 is 0 Å². The molecule has 1 saturated heterocycles. The second-order valence-electron chi connectivity index (χ2n) is 4.56. The van der Waals surface area contributed by atoms with Gasteiger partial charge in [0.05, 0.1) is 5.69 Å². The van der Waals surface area contributed by atoms with Gasteiger partial charge in [-0.15, -0.1) is 0 Å². The van der Waals surface area contributed by atoms with Gasteiger partial charge in [-0.25, -0.2) is 0 Å². The fourth-order valence-electron chi connectivity index (χ4n) is 2.26. The molecule has 1 heterocycles. The Kier molecular flexibility index (Phi) is 4.42. The van der Waals surface area contributed by atoms with Gasteiger partial charge in [-0.3, -0.25) is 4.90 Å². The molecular formula is C13H20BrN3. The number of hydrogen-bond acceptors (Lipinski definition) is 3. The lowest BCUT2D eigenvalue weighted by atomic mass is 10.2. The molecule has 1 fully saturated rings. The van der Waals surface area contributed by atoms with E-state index in [1.165, 1.54) is 10.2 Å². The number of piperazine rings is 1. The molecule has 0 radical (unpaired) electrons. The Morgan fingerprint density at radius 2 is 1.88 bits per heavy atom. The molecule has 4 heteroatoms. The van der Waals surface area contributed by atoms with Gasteiger partial charge >= 0.3 is 0 Å². The van der Waals surface area contributed by atoms with Crippen molar-refractivity contribution in [1.82, 2.24) is 4.90 Å². The standard InChI is InChI=1S/C13H20BrN3/c1-11(10-15)16-6-8-17(9-7-16)13-5-3-2-4-12(13)14/h2-5,11H,6-10,15H2,1H3. The summed E-state index contributed by atoms with van der Waals surface area (Å²) in [6.45, 7) is 7.29. The fraction of sp³-hybridized carbons (Fsp3) is 0.538. The molecule has 17 heavy (non-hydrogen) atoms. The molecule has 2 N–H and O–H groups in total. The van der Waals surface area contributed by atoms with Crippen LogP contribution in [-0.2, 0) is 0 Å². The van der Waals surface area contributed by atoms with Crippen LogP contribution in [0.15, 0.2) is 28.7 Å². The zero-order valence-corrected chi connectivity index (χ0v) is 11.9. The van der Waals surface area contributed by atoms with Gasteiger partial charge in [0.25, 0.3) is 0 Å². The van der Waals surface area contributed by atoms with Crippen LogP contribution in [0.1, 0.15) is 6.92 Å². The lowest BCUT2D eigenvalue weighted by molar-refractivity contribution is 0.201. The molecule has 1 unspecified atom stereocenters. The van der Waals surface area contributed by atoms with Crippen LogP contribution in [0.25, 0.3) is 0 Å². The predicted octanol–water partition coefficient (Wildman–Crippen LogP) is 1.92. The SMILES string of the molecule is CC(CN)N1CCN(c2ccccc2Br)CC1. The molecule has 0 spiro atoms. The summed E-state index contributed by atoms with van der Waals surface area (Å²) in [5.41, 5.74) is 7.01. The molecule has 1 atom stereocenters. The maximum atomic E-state index is 5.71. The van der Waals surface area contributed by atoms with E-state index in [-0.39, 0.29) is 0 Å². The maximum absolute atomic E-state index is 5.71. The number of nitrogens with zero attached hydrogens (tertiary/aromatic N) is 2. The largest absolute Gasteiger partial charge is 0.368 e.